The Morgan fingerprint density at radius 2 is 1.16 bits per heavy atom. The lowest BCUT2D eigenvalue weighted by atomic mass is 10.0. The van der Waals surface area contributed by atoms with Crippen molar-refractivity contribution in [1.82, 2.24) is 0 Å². The standard InChI is InChI=1S/C16H8O3/c1-3-18-15-11(1)13-5-9-7-17-8-10(9)6-14(13)12-2-4-19-16(12)15/h1-8H. The van der Waals surface area contributed by atoms with Gasteiger partial charge < -0.3 is 13.3 Å². The molecule has 0 unspecified atom stereocenters. The van der Waals surface area contributed by atoms with E-state index in [0.717, 1.165) is 43.5 Å². The third-order valence-corrected chi connectivity index (χ3v) is 3.73. The summed E-state index contributed by atoms with van der Waals surface area (Å²) in [4.78, 5) is 0. The predicted octanol–water partition coefficient (Wildman–Crippen LogP) is 5.08. The molecule has 0 amide bonds. The van der Waals surface area contributed by atoms with E-state index < -0.39 is 0 Å². The maximum Gasteiger partial charge on any atom is 0.177 e. The molecule has 19 heavy (non-hydrogen) atoms. The maximum atomic E-state index is 5.57. The summed E-state index contributed by atoms with van der Waals surface area (Å²) < 4.78 is 16.4. The molecule has 0 aliphatic heterocycles. The fourth-order valence-corrected chi connectivity index (χ4v) is 2.86. The highest BCUT2D eigenvalue weighted by molar-refractivity contribution is 6.24. The number of furan rings is 3. The number of hydrogen-bond acceptors (Lipinski definition) is 3. The first-order chi connectivity index (χ1) is 9.42. The maximum absolute atomic E-state index is 5.57. The molecule has 0 spiro atoms. The van der Waals surface area contributed by atoms with E-state index in [1.165, 1.54) is 0 Å². The molecule has 3 aromatic heterocycles. The van der Waals surface area contributed by atoms with Gasteiger partial charge in [-0.25, -0.2) is 0 Å². The topological polar surface area (TPSA) is 39.4 Å². The van der Waals surface area contributed by atoms with Crippen LogP contribution in [0.2, 0.25) is 0 Å². The molecule has 0 aliphatic rings. The summed E-state index contributed by atoms with van der Waals surface area (Å²) in [6.07, 6.45) is 6.93. The lowest BCUT2D eigenvalue weighted by Gasteiger charge is -2.02. The zero-order chi connectivity index (χ0) is 12.4. The Labute approximate surface area is 107 Å². The highest BCUT2D eigenvalue weighted by Crippen LogP contribution is 2.38. The van der Waals surface area contributed by atoms with Crippen molar-refractivity contribution >= 4 is 43.5 Å². The van der Waals surface area contributed by atoms with Crippen LogP contribution in [0.3, 0.4) is 0 Å². The molecule has 0 radical (unpaired) electrons. The minimum atomic E-state index is 0.801. The largest absolute Gasteiger partial charge is 0.471 e. The highest BCUT2D eigenvalue weighted by Gasteiger charge is 2.14. The van der Waals surface area contributed by atoms with Crippen LogP contribution in [0.25, 0.3) is 43.5 Å². The Hall–Kier alpha value is -2.68. The van der Waals surface area contributed by atoms with Crippen LogP contribution in [0, 0.1) is 0 Å². The average molecular weight is 248 g/mol. The monoisotopic (exact) mass is 248 g/mol. The summed E-state index contributed by atoms with van der Waals surface area (Å²) in [6.45, 7) is 0. The molecule has 0 bridgehead atoms. The zero-order valence-electron chi connectivity index (χ0n) is 9.84. The van der Waals surface area contributed by atoms with Crippen LogP contribution in [0.1, 0.15) is 0 Å². The van der Waals surface area contributed by atoms with E-state index in [2.05, 4.69) is 12.1 Å². The molecule has 3 heterocycles. The van der Waals surface area contributed by atoms with Crippen LogP contribution in [0.15, 0.2) is 62.6 Å². The smallest absolute Gasteiger partial charge is 0.177 e. The van der Waals surface area contributed by atoms with Crippen molar-refractivity contribution in [2.24, 2.45) is 0 Å². The van der Waals surface area contributed by atoms with Gasteiger partial charge in [-0.2, -0.15) is 0 Å². The third kappa shape index (κ3) is 1.03. The molecule has 5 rings (SSSR count). The molecule has 3 heteroatoms. The zero-order valence-corrected chi connectivity index (χ0v) is 9.84. The molecular formula is C16H8O3. The second-order valence-electron chi connectivity index (χ2n) is 4.73. The molecule has 2 aromatic carbocycles. The van der Waals surface area contributed by atoms with E-state index in [0.29, 0.717) is 0 Å². The highest BCUT2D eigenvalue weighted by atomic mass is 16.4. The summed E-state index contributed by atoms with van der Waals surface area (Å²) in [5, 5.41) is 6.65. The minimum Gasteiger partial charge on any atom is -0.471 e. The summed E-state index contributed by atoms with van der Waals surface area (Å²) in [7, 11) is 0. The molecule has 0 fully saturated rings. The first-order valence-corrected chi connectivity index (χ1v) is 6.08. The van der Waals surface area contributed by atoms with E-state index in [4.69, 9.17) is 13.3 Å². The molecule has 3 nitrogen and oxygen atoms in total. The fourth-order valence-electron chi connectivity index (χ4n) is 2.86. The van der Waals surface area contributed by atoms with Crippen LogP contribution < -0.4 is 0 Å². The average Bonchev–Trinajstić information content (AvgIpc) is 3.15. The van der Waals surface area contributed by atoms with Gasteiger partial charge in [-0.1, -0.05) is 0 Å². The van der Waals surface area contributed by atoms with Crippen molar-refractivity contribution < 1.29 is 13.3 Å². The van der Waals surface area contributed by atoms with Crippen LogP contribution in [0.4, 0.5) is 0 Å². The fraction of sp³-hybridized carbons (Fsp3) is 0. The van der Waals surface area contributed by atoms with Crippen molar-refractivity contribution in [3.05, 3.63) is 49.3 Å². The molecule has 0 atom stereocenters. The second-order valence-corrected chi connectivity index (χ2v) is 4.73. The van der Waals surface area contributed by atoms with Gasteiger partial charge in [0.05, 0.1) is 25.1 Å². The van der Waals surface area contributed by atoms with Gasteiger partial charge in [-0.15, -0.1) is 0 Å². The van der Waals surface area contributed by atoms with Crippen molar-refractivity contribution in [3.63, 3.8) is 0 Å². The third-order valence-electron chi connectivity index (χ3n) is 3.73. The lowest BCUT2D eigenvalue weighted by molar-refractivity contribution is 0.572. The van der Waals surface area contributed by atoms with Gasteiger partial charge in [0.25, 0.3) is 0 Å². The second kappa shape index (κ2) is 3.01. The Balaban J connectivity index is 2.23. The predicted molar refractivity (Wildman–Crippen MR) is 73.3 cm³/mol. The molecule has 0 N–H and O–H groups in total. The number of benzene rings is 2. The van der Waals surface area contributed by atoms with Gasteiger partial charge in [0.2, 0.25) is 0 Å². The van der Waals surface area contributed by atoms with E-state index in [-0.39, 0.29) is 0 Å². The van der Waals surface area contributed by atoms with E-state index in [1.54, 1.807) is 25.1 Å². The Bertz CT molecular complexity index is 975. The van der Waals surface area contributed by atoms with Crippen LogP contribution in [0.5, 0.6) is 0 Å². The minimum absolute atomic E-state index is 0.801. The summed E-state index contributed by atoms with van der Waals surface area (Å²) in [5.41, 5.74) is 1.60. The molecular weight excluding hydrogens is 240 g/mol. The normalized spacial score (nSPS) is 12.2. The number of fused-ring (bicyclic) bond motifs is 7. The van der Waals surface area contributed by atoms with Crippen molar-refractivity contribution in [2.75, 3.05) is 0 Å². The van der Waals surface area contributed by atoms with Crippen molar-refractivity contribution in [2.45, 2.75) is 0 Å². The molecule has 0 saturated carbocycles. The van der Waals surface area contributed by atoms with Gasteiger partial charge in [0.15, 0.2) is 11.2 Å². The quantitative estimate of drug-likeness (QED) is 0.383. The van der Waals surface area contributed by atoms with Crippen LogP contribution >= 0.6 is 0 Å². The van der Waals surface area contributed by atoms with Gasteiger partial charge in [-0.3, -0.25) is 0 Å². The molecule has 0 aliphatic carbocycles. The van der Waals surface area contributed by atoms with Crippen molar-refractivity contribution in [3.8, 4) is 0 Å². The first-order valence-electron chi connectivity index (χ1n) is 6.08. The SMILES string of the molecule is c1cc2c3cc4cocc4cc3c3ccoc3c2o1. The summed E-state index contributed by atoms with van der Waals surface area (Å²) in [6, 6.07) is 8.23. The van der Waals surface area contributed by atoms with Gasteiger partial charge in [0, 0.05) is 21.5 Å². The summed E-state index contributed by atoms with van der Waals surface area (Å²) in [5.74, 6) is 0. The Morgan fingerprint density at radius 3 is 1.68 bits per heavy atom. The van der Waals surface area contributed by atoms with Gasteiger partial charge >= 0.3 is 0 Å². The van der Waals surface area contributed by atoms with Crippen molar-refractivity contribution in [1.29, 1.82) is 0 Å². The number of rotatable bonds is 0. The van der Waals surface area contributed by atoms with E-state index in [9.17, 15) is 0 Å². The van der Waals surface area contributed by atoms with Gasteiger partial charge in [-0.05, 0) is 35.0 Å². The Kier molecular flexibility index (Phi) is 1.47. The molecule has 5 aromatic rings. The number of hydrogen-bond donors (Lipinski definition) is 0. The van der Waals surface area contributed by atoms with Crippen LogP contribution in [-0.4, -0.2) is 0 Å². The van der Waals surface area contributed by atoms with Crippen LogP contribution in [-0.2, 0) is 0 Å². The van der Waals surface area contributed by atoms with E-state index in [1.807, 2.05) is 12.1 Å². The first kappa shape index (κ1) is 9.28. The molecule has 0 saturated heterocycles. The lowest BCUT2D eigenvalue weighted by Crippen LogP contribution is -1.77. The Morgan fingerprint density at radius 1 is 0.632 bits per heavy atom. The van der Waals surface area contributed by atoms with E-state index >= 15 is 0 Å². The molecule has 90 valence electrons. The van der Waals surface area contributed by atoms with Gasteiger partial charge in [0.1, 0.15) is 0 Å². The summed E-state index contributed by atoms with van der Waals surface area (Å²) >= 11 is 0.